The summed E-state index contributed by atoms with van der Waals surface area (Å²) in [6.45, 7) is 0. The van der Waals surface area contributed by atoms with Gasteiger partial charge in [0.05, 0.1) is 5.39 Å². The summed E-state index contributed by atoms with van der Waals surface area (Å²) >= 11 is 0. The Morgan fingerprint density at radius 1 is 1.00 bits per heavy atom. The van der Waals surface area contributed by atoms with E-state index >= 15 is 0 Å². The fourth-order valence-corrected chi connectivity index (χ4v) is 2.04. The van der Waals surface area contributed by atoms with E-state index in [4.69, 9.17) is 0 Å². The average Bonchev–Trinajstić information content (AvgIpc) is 2.46. The highest BCUT2D eigenvalue weighted by atomic mass is 16.1. The Hall–Kier alpha value is -2.49. The molecule has 0 radical (unpaired) electrons. The van der Waals surface area contributed by atoms with Crippen molar-refractivity contribution in [3.8, 4) is 0 Å². The molecule has 0 aliphatic rings. The van der Waals surface area contributed by atoms with Crippen molar-refractivity contribution in [3.63, 3.8) is 0 Å². The summed E-state index contributed by atoms with van der Waals surface area (Å²) in [5.41, 5.74) is 1.61. The molecule has 2 aromatic heterocycles. The minimum Gasteiger partial charge on any atom is -0.310 e. The molecule has 94 valence electrons. The van der Waals surface area contributed by atoms with Gasteiger partial charge in [-0.15, -0.1) is 0 Å². The molecule has 2 heterocycles. The Labute approximate surface area is 110 Å². The van der Waals surface area contributed by atoms with Gasteiger partial charge in [0, 0.05) is 12.6 Å². The summed E-state index contributed by atoms with van der Waals surface area (Å²) in [7, 11) is 0. The van der Waals surface area contributed by atoms with Crippen molar-refractivity contribution >= 4 is 11.0 Å². The SMILES string of the molecule is O=c1[nH]c(CCc2ccccc2)nc2ncccc12. The first-order valence-corrected chi connectivity index (χ1v) is 6.21. The maximum atomic E-state index is 11.9. The van der Waals surface area contributed by atoms with E-state index in [-0.39, 0.29) is 5.56 Å². The molecule has 0 fully saturated rings. The molecule has 0 amide bonds. The molecule has 0 atom stereocenters. The zero-order valence-electron chi connectivity index (χ0n) is 10.3. The van der Waals surface area contributed by atoms with Gasteiger partial charge in [0.2, 0.25) is 0 Å². The number of pyridine rings is 1. The van der Waals surface area contributed by atoms with Crippen LogP contribution in [-0.2, 0) is 12.8 Å². The summed E-state index contributed by atoms with van der Waals surface area (Å²) in [6.07, 6.45) is 3.20. The van der Waals surface area contributed by atoms with Gasteiger partial charge in [-0.25, -0.2) is 9.97 Å². The topological polar surface area (TPSA) is 58.6 Å². The molecule has 4 nitrogen and oxygen atoms in total. The fraction of sp³-hybridized carbons (Fsp3) is 0.133. The molecule has 1 aromatic carbocycles. The molecule has 0 aliphatic heterocycles. The number of fused-ring (bicyclic) bond motifs is 1. The number of aryl methyl sites for hydroxylation is 2. The van der Waals surface area contributed by atoms with Crippen molar-refractivity contribution < 1.29 is 0 Å². The molecule has 1 N–H and O–H groups in total. The Balaban J connectivity index is 1.88. The van der Waals surface area contributed by atoms with Crippen LogP contribution >= 0.6 is 0 Å². The summed E-state index contributed by atoms with van der Waals surface area (Å²) in [5, 5.41) is 0.533. The van der Waals surface area contributed by atoms with Crippen LogP contribution in [0.4, 0.5) is 0 Å². The van der Waals surface area contributed by atoms with E-state index in [1.807, 2.05) is 18.2 Å². The normalized spacial score (nSPS) is 10.7. The number of hydrogen-bond acceptors (Lipinski definition) is 3. The first kappa shape index (κ1) is 11.6. The maximum Gasteiger partial charge on any atom is 0.260 e. The van der Waals surface area contributed by atoms with Crippen LogP contribution < -0.4 is 5.56 Å². The number of aromatic nitrogens is 3. The van der Waals surface area contributed by atoms with Crippen LogP contribution in [0.2, 0.25) is 0 Å². The third-order valence-electron chi connectivity index (χ3n) is 3.02. The number of rotatable bonds is 3. The van der Waals surface area contributed by atoms with Crippen molar-refractivity contribution in [3.05, 3.63) is 70.4 Å². The Bertz CT molecular complexity index is 750. The number of aromatic amines is 1. The van der Waals surface area contributed by atoms with Gasteiger partial charge in [0.15, 0.2) is 5.65 Å². The molecule has 3 rings (SSSR count). The number of H-pyrrole nitrogens is 1. The van der Waals surface area contributed by atoms with Gasteiger partial charge in [-0.2, -0.15) is 0 Å². The molecular weight excluding hydrogens is 238 g/mol. The monoisotopic (exact) mass is 251 g/mol. The quantitative estimate of drug-likeness (QED) is 0.775. The Kier molecular flexibility index (Phi) is 3.06. The molecule has 0 spiro atoms. The second-order valence-corrected chi connectivity index (χ2v) is 4.37. The molecule has 0 aliphatic carbocycles. The summed E-state index contributed by atoms with van der Waals surface area (Å²) < 4.78 is 0. The standard InChI is InChI=1S/C15H13N3O/c19-15-12-7-4-10-16-14(12)17-13(18-15)9-8-11-5-2-1-3-6-11/h1-7,10H,8-9H2,(H,16,17,18,19). The van der Waals surface area contributed by atoms with Crippen LogP contribution in [-0.4, -0.2) is 15.0 Å². The molecule has 19 heavy (non-hydrogen) atoms. The molecular formula is C15H13N3O. The van der Waals surface area contributed by atoms with E-state index < -0.39 is 0 Å². The van der Waals surface area contributed by atoms with Crippen molar-refractivity contribution in [1.82, 2.24) is 15.0 Å². The first-order chi connectivity index (χ1) is 9.33. The number of benzene rings is 1. The summed E-state index contributed by atoms with van der Waals surface area (Å²) in [5.74, 6) is 0.681. The van der Waals surface area contributed by atoms with Crippen LogP contribution in [0.25, 0.3) is 11.0 Å². The number of hydrogen-bond donors (Lipinski definition) is 1. The lowest BCUT2D eigenvalue weighted by atomic mass is 10.1. The molecule has 0 saturated heterocycles. The summed E-state index contributed by atoms with van der Waals surface area (Å²) in [6, 6.07) is 13.6. The van der Waals surface area contributed by atoms with Gasteiger partial charge >= 0.3 is 0 Å². The molecule has 3 aromatic rings. The van der Waals surface area contributed by atoms with Crippen LogP contribution in [0.15, 0.2) is 53.5 Å². The lowest BCUT2D eigenvalue weighted by molar-refractivity contribution is 0.857. The minimum atomic E-state index is -0.124. The van der Waals surface area contributed by atoms with Gasteiger partial charge in [0.1, 0.15) is 5.82 Å². The Morgan fingerprint density at radius 3 is 2.68 bits per heavy atom. The van der Waals surface area contributed by atoms with Crippen LogP contribution in [0.5, 0.6) is 0 Å². The van der Waals surface area contributed by atoms with Crippen LogP contribution in [0.1, 0.15) is 11.4 Å². The zero-order valence-corrected chi connectivity index (χ0v) is 10.3. The average molecular weight is 251 g/mol. The summed E-state index contributed by atoms with van der Waals surface area (Å²) in [4.78, 5) is 23.2. The minimum absolute atomic E-state index is 0.124. The smallest absolute Gasteiger partial charge is 0.260 e. The molecule has 0 bridgehead atoms. The molecule has 4 heteroatoms. The largest absolute Gasteiger partial charge is 0.310 e. The Morgan fingerprint density at radius 2 is 1.84 bits per heavy atom. The van der Waals surface area contributed by atoms with E-state index in [1.54, 1.807) is 18.3 Å². The van der Waals surface area contributed by atoms with Gasteiger partial charge in [-0.05, 0) is 24.1 Å². The zero-order chi connectivity index (χ0) is 13.1. The highest BCUT2D eigenvalue weighted by Gasteiger charge is 2.04. The van der Waals surface area contributed by atoms with E-state index in [0.717, 1.165) is 6.42 Å². The first-order valence-electron chi connectivity index (χ1n) is 6.21. The fourth-order valence-electron chi connectivity index (χ4n) is 2.04. The predicted octanol–water partition coefficient (Wildman–Crippen LogP) is 2.10. The van der Waals surface area contributed by atoms with E-state index in [1.165, 1.54) is 5.56 Å². The van der Waals surface area contributed by atoms with Crippen LogP contribution in [0.3, 0.4) is 0 Å². The molecule has 0 saturated carbocycles. The number of nitrogens with zero attached hydrogens (tertiary/aromatic N) is 2. The highest BCUT2D eigenvalue weighted by Crippen LogP contribution is 2.06. The lowest BCUT2D eigenvalue weighted by Crippen LogP contribution is -2.13. The van der Waals surface area contributed by atoms with Crippen molar-refractivity contribution in [2.45, 2.75) is 12.8 Å². The van der Waals surface area contributed by atoms with E-state index in [2.05, 4.69) is 27.1 Å². The van der Waals surface area contributed by atoms with Crippen molar-refractivity contribution in [1.29, 1.82) is 0 Å². The van der Waals surface area contributed by atoms with E-state index in [9.17, 15) is 4.79 Å². The van der Waals surface area contributed by atoms with Gasteiger partial charge < -0.3 is 4.98 Å². The molecule has 0 unspecified atom stereocenters. The lowest BCUT2D eigenvalue weighted by Gasteiger charge is -2.02. The van der Waals surface area contributed by atoms with Crippen molar-refractivity contribution in [2.75, 3.05) is 0 Å². The second-order valence-electron chi connectivity index (χ2n) is 4.37. The highest BCUT2D eigenvalue weighted by molar-refractivity contribution is 5.72. The van der Waals surface area contributed by atoms with Gasteiger partial charge in [0.25, 0.3) is 5.56 Å². The third-order valence-corrected chi connectivity index (χ3v) is 3.02. The maximum absolute atomic E-state index is 11.9. The number of nitrogens with one attached hydrogen (secondary N) is 1. The van der Waals surface area contributed by atoms with Crippen molar-refractivity contribution in [2.24, 2.45) is 0 Å². The van der Waals surface area contributed by atoms with E-state index in [0.29, 0.717) is 23.3 Å². The van der Waals surface area contributed by atoms with Crippen LogP contribution in [0, 0.1) is 0 Å². The van der Waals surface area contributed by atoms with Gasteiger partial charge in [-0.3, -0.25) is 4.79 Å². The third kappa shape index (κ3) is 2.52. The van der Waals surface area contributed by atoms with Gasteiger partial charge in [-0.1, -0.05) is 30.3 Å². The second kappa shape index (κ2) is 5.02. The predicted molar refractivity (Wildman–Crippen MR) is 74.0 cm³/mol.